The van der Waals surface area contributed by atoms with Gasteiger partial charge in [-0.2, -0.15) is 0 Å². The topological polar surface area (TPSA) is 46.6 Å². The van der Waals surface area contributed by atoms with Crippen LogP contribution in [0.25, 0.3) is 0 Å². The predicted octanol–water partition coefficient (Wildman–Crippen LogP) is 0.396. The Morgan fingerprint density at radius 2 is 2.36 bits per heavy atom. The van der Waals surface area contributed by atoms with Crippen LogP contribution in [0.1, 0.15) is 25.7 Å². The second-order valence-electron chi connectivity index (χ2n) is 3.78. The van der Waals surface area contributed by atoms with Crippen molar-refractivity contribution >= 4 is 11.9 Å². The Hall–Kier alpha value is -1.06. The van der Waals surface area contributed by atoms with Crippen LogP contribution in [0.4, 0.5) is 0 Å². The van der Waals surface area contributed by atoms with E-state index in [4.69, 9.17) is 11.7 Å². The number of nitrogens with zero attached hydrogens (tertiary/aromatic N) is 1. The SMILES string of the molecule is [CH]COC(=O)[C@@]12CCCN1C(=O)CC2. The first-order valence-electron chi connectivity index (χ1n) is 4.88. The number of ether oxygens (including phenoxy) is 1. The summed E-state index contributed by atoms with van der Waals surface area (Å²) in [5.74, 6) is -0.264. The molecule has 0 N–H and O–H groups in total. The fourth-order valence-electron chi connectivity index (χ4n) is 2.47. The first-order chi connectivity index (χ1) is 6.70. The molecule has 0 aromatic heterocycles. The minimum absolute atomic E-state index is 0.0662. The van der Waals surface area contributed by atoms with Crippen molar-refractivity contribution < 1.29 is 14.3 Å². The molecule has 0 aromatic carbocycles. The summed E-state index contributed by atoms with van der Waals surface area (Å²) in [6.07, 6.45) is 2.65. The standard InChI is InChI=1S/C10H13NO3/c1-2-14-9(13)10-5-3-7-11(10)8(12)4-6-10/h1H,2-7H2/t10-/m0/s1. The average Bonchev–Trinajstić information content (AvgIpc) is 2.69. The number of carbonyl (C=O) groups excluding carboxylic acids is 2. The van der Waals surface area contributed by atoms with Gasteiger partial charge in [-0.1, -0.05) is 0 Å². The van der Waals surface area contributed by atoms with Crippen molar-refractivity contribution in [2.45, 2.75) is 31.2 Å². The van der Waals surface area contributed by atoms with Crippen LogP contribution in [0, 0.1) is 6.92 Å². The molecule has 2 saturated heterocycles. The van der Waals surface area contributed by atoms with Gasteiger partial charge in [-0.05, 0) is 19.3 Å². The Kier molecular flexibility index (Phi) is 2.21. The van der Waals surface area contributed by atoms with Gasteiger partial charge in [-0.3, -0.25) is 4.79 Å². The van der Waals surface area contributed by atoms with E-state index >= 15 is 0 Å². The second kappa shape index (κ2) is 3.26. The number of hydrogen-bond acceptors (Lipinski definition) is 3. The molecule has 0 aliphatic carbocycles. The third kappa shape index (κ3) is 1.13. The van der Waals surface area contributed by atoms with E-state index in [1.165, 1.54) is 0 Å². The Morgan fingerprint density at radius 3 is 3.07 bits per heavy atom. The Bertz CT molecular complexity index is 277. The zero-order valence-corrected chi connectivity index (χ0v) is 7.99. The molecule has 4 nitrogen and oxygen atoms in total. The van der Waals surface area contributed by atoms with Crippen LogP contribution in [0.5, 0.6) is 0 Å². The molecule has 4 heteroatoms. The first-order valence-corrected chi connectivity index (χ1v) is 4.88. The number of carbonyl (C=O) groups is 2. The van der Waals surface area contributed by atoms with E-state index < -0.39 is 5.54 Å². The first kappa shape index (κ1) is 9.49. The van der Waals surface area contributed by atoms with Crippen molar-refractivity contribution in [3.05, 3.63) is 6.92 Å². The lowest BCUT2D eigenvalue weighted by molar-refractivity contribution is -0.156. The van der Waals surface area contributed by atoms with E-state index in [0.29, 0.717) is 19.4 Å². The maximum atomic E-state index is 11.7. The van der Waals surface area contributed by atoms with Crippen LogP contribution in [0.2, 0.25) is 0 Å². The van der Waals surface area contributed by atoms with Gasteiger partial charge in [-0.25, -0.2) is 4.79 Å². The van der Waals surface area contributed by atoms with E-state index in [9.17, 15) is 9.59 Å². The minimum Gasteiger partial charge on any atom is -0.464 e. The molecule has 1 atom stereocenters. The zero-order valence-electron chi connectivity index (χ0n) is 7.99. The maximum absolute atomic E-state index is 11.7. The Morgan fingerprint density at radius 1 is 1.57 bits per heavy atom. The van der Waals surface area contributed by atoms with Gasteiger partial charge in [-0.15, -0.1) is 0 Å². The molecule has 2 fully saturated rings. The van der Waals surface area contributed by atoms with E-state index in [2.05, 4.69) is 0 Å². The lowest BCUT2D eigenvalue weighted by Crippen LogP contribution is -2.48. The number of hydrogen-bond donors (Lipinski definition) is 0. The van der Waals surface area contributed by atoms with Gasteiger partial charge < -0.3 is 9.64 Å². The fourth-order valence-corrected chi connectivity index (χ4v) is 2.47. The van der Waals surface area contributed by atoms with Crippen molar-refractivity contribution in [2.24, 2.45) is 0 Å². The summed E-state index contributed by atoms with van der Waals surface area (Å²) in [5.41, 5.74) is -0.670. The van der Waals surface area contributed by atoms with Crippen LogP contribution in [0.15, 0.2) is 0 Å². The highest BCUT2D eigenvalue weighted by atomic mass is 16.5. The number of rotatable bonds is 2. The van der Waals surface area contributed by atoms with Gasteiger partial charge in [0, 0.05) is 19.9 Å². The van der Waals surface area contributed by atoms with Crippen LogP contribution >= 0.6 is 0 Å². The van der Waals surface area contributed by atoms with Crippen LogP contribution < -0.4 is 0 Å². The molecule has 0 saturated carbocycles. The molecule has 0 unspecified atom stereocenters. The molecule has 2 aliphatic heterocycles. The predicted molar refractivity (Wildman–Crippen MR) is 48.2 cm³/mol. The van der Waals surface area contributed by atoms with Crippen LogP contribution in [0.3, 0.4) is 0 Å². The Balaban J connectivity index is 2.21. The monoisotopic (exact) mass is 195 g/mol. The van der Waals surface area contributed by atoms with Crippen LogP contribution in [-0.4, -0.2) is 35.5 Å². The second-order valence-corrected chi connectivity index (χ2v) is 3.78. The molecule has 0 bridgehead atoms. The van der Waals surface area contributed by atoms with Gasteiger partial charge in [0.15, 0.2) is 0 Å². The largest absolute Gasteiger partial charge is 0.464 e. The normalized spacial score (nSPS) is 30.6. The molecular formula is C10H13NO3. The molecule has 2 radical (unpaired) electrons. The highest BCUT2D eigenvalue weighted by molar-refractivity contribution is 5.92. The summed E-state index contributed by atoms with van der Waals surface area (Å²) in [5, 5.41) is 0. The summed E-state index contributed by atoms with van der Waals surface area (Å²) in [6.45, 7) is 5.74. The molecule has 1 amide bonds. The minimum atomic E-state index is -0.670. The summed E-state index contributed by atoms with van der Waals surface area (Å²) in [6, 6.07) is 0. The van der Waals surface area contributed by atoms with Crippen LogP contribution in [-0.2, 0) is 14.3 Å². The van der Waals surface area contributed by atoms with Crippen molar-refractivity contribution in [1.82, 2.24) is 4.90 Å². The van der Waals surface area contributed by atoms with Gasteiger partial charge in [0.25, 0.3) is 0 Å². The molecule has 0 aromatic rings. The van der Waals surface area contributed by atoms with Gasteiger partial charge in [0.05, 0.1) is 6.61 Å². The maximum Gasteiger partial charge on any atom is 0.332 e. The number of fused-ring (bicyclic) bond motifs is 1. The molecule has 0 spiro atoms. The average molecular weight is 195 g/mol. The summed E-state index contributed by atoms with van der Waals surface area (Å²) in [7, 11) is 0. The van der Waals surface area contributed by atoms with E-state index in [1.54, 1.807) is 4.90 Å². The number of esters is 1. The van der Waals surface area contributed by atoms with Crippen molar-refractivity contribution in [1.29, 1.82) is 0 Å². The smallest absolute Gasteiger partial charge is 0.332 e. The zero-order chi connectivity index (χ0) is 10.2. The molecule has 2 rings (SSSR count). The summed E-state index contributed by atoms with van der Waals surface area (Å²) in [4.78, 5) is 24.8. The lowest BCUT2D eigenvalue weighted by Gasteiger charge is -2.28. The van der Waals surface area contributed by atoms with Crippen molar-refractivity contribution in [3.8, 4) is 0 Å². The third-order valence-electron chi connectivity index (χ3n) is 3.14. The number of amides is 1. The molecule has 2 aliphatic rings. The Labute approximate surface area is 83.2 Å². The van der Waals surface area contributed by atoms with Gasteiger partial charge >= 0.3 is 5.97 Å². The van der Waals surface area contributed by atoms with Gasteiger partial charge in [0.1, 0.15) is 5.54 Å². The summed E-state index contributed by atoms with van der Waals surface area (Å²) >= 11 is 0. The molecular weight excluding hydrogens is 182 g/mol. The summed E-state index contributed by atoms with van der Waals surface area (Å²) < 4.78 is 4.82. The van der Waals surface area contributed by atoms with E-state index in [1.807, 2.05) is 0 Å². The molecule has 14 heavy (non-hydrogen) atoms. The van der Waals surface area contributed by atoms with Crippen molar-refractivity contribution in [3.63, 3.8) is 0 Å². The third-order valence-corrected chi connectivity index (χ3v) is 3.14. The highest BCUT2D eigenvalue weighted by Crippen LogP contribution is 2.40. The highest BCUT2D eigenvalue weighted by Gasteiger charge is 2.54. The fraction of sp³-hybridized carbons (Fsp3) is 0.700. The van der Waals surface area contributed by atoms with E-state index in [-0.39, 0.29) is 18.5 Å². The molecule has 2 heterocycles. The lowest BCUT2D eigenvalue weighted by atomic mass is 9.94. The quantitative estimate of drug-likeness (QED) is 0.599. The van der Waals surface area contributed by atoms with Crippen molar-refractivity contribution in [2.75, 3.05) is 13.2 Å². The molecule has 76 valence electrons. The van der Waals surface area contributed by atoms with E-state index in [0.717, 1.165) is 12.8 Å². The van der Waals surface area contributed by atoms with Gasteiger partial charge in [0.2, 0.25) is 5.91 Å².